The summed E-state index contributed by atoms with van der Waals surface area (Å²) >= 11 is 1.31. The quantitative estimate of drug-likeness (QED) is 0.781. The van der Waals surface area contributed by atoms with Crippen molar-refractivity contribution in [3.05, 3.63) is 11.8 Å². The van der Waals surface area contributed by atoms with Crippen molar-refractivity contribution in [2.75, 3.05) is 11.9 Å². The second-order valence-corrected chi connectivity index (χ2v) is 7.65. The Balaban J connectivity index is 0.000000345. The van der Waals surface area contributed by atoms with Crippen LogP contribution in [0.1, 0.15) is 44.2 Å². The number of piperidine rings is 1. The molecule has 3 rings (SSSR count). The third-order valence-corrected chi connectivity index (χ3v) is 5.49. The molecular weight excluding hydrogens is 399 g/mol. The van der Waals surface area contributed by atoms with E-state index in [-0.39, 0.29) is 17.7 Å². The Kier molecular flexibility index (Phi) is 7.39. The number of hydrogen-bond acceptors (Lipinski definition) is 5. The van der Waals surface area contributed by atoms with Crippen LogP contribution in [0.5, 0.6) is 0 Å². The van der Waals surface area contributed by atoms with Crippen LogP contribution in [-0.2, 0) is 14.4 Å². The summed E-state index contributed by atoms with van der Waals surface area (Å²) in [5, 5.41) is 10.9. The number of carbonyl (C=O) groups excluding carboxylic acids is 2. The van der Waals surface area contributed by atoms with Gasteiger partial charge >= 0.3 is 12.1 Å². The molecule has 11 heteroatoms. The Labute approximate surface area is 164 Å². The van der Waals surface area contributed by atoms with Crippen molar-refractivity contribution in [1.29, 1.82) is 0 Å². The second-order valence-electron chi connectivity index (χ2n) is 6.84. The van der Waals surface area contributed by atoms with Gasteiger partial charge < -0.3 is 15.3 Å². The van der Waals surface area contributed by atoms with Crippen molar-refractivity contribution >= 4 is 34.3 Å². The highest BCUT2D eigenvalue weighted by atomic mass is 32.1. The molecule has 7 nitrogen and oxygen atoms in total. The normalized spacial score (nSPS) is 20.5. The molecular formula is C17H22F3N3O4S. The lowest BCUT2D eigenvalue weighted by atomic mass is 9.95. The van der Waals surface area contributed by atoms with Gasteiger partial charge in [0.1, 0.15) is 5.00 Å². The third kappa shape index (κ3) is 6.18. The van der Waals surface area contributed by atoms with Gasteiger partial charge in [0, 0.05) is 19.0 Å². The Bertz CT molecular complexity index is 717. The highest BCUT2D eigenvalue weighted by Gasteiger charge is 2.38. The predicted octanol–water partition coefficient (Wildman–Crippen LogP) is 3.20. The van der Waals surface area contributed by atoms with Gasteiger partial charge in [-0.3, -0.25) is 9.59 Å². The number of halogens is 3. The zero-order chi connectivity index (χ0) is 20.9. The number of carboxylic acid groups (broad SMARTS) is 1. The number of carboxylic acids is 1. The van der Waals surface area contributed by atoms with Gasteiger partial charge in [-0.2, -0.15) is 17.5 Å². The van der Waals surface area contributed by atoms with E-state index in [0.717, 1.165) is 23.5 Å². The van der Waals surface area contributed by atoms with Gasteiger partial charge in [-0.1, -0.05) is 12.8 Å². The smallest absolute Gasteiger partial charge is 0.475 e. The van der Waals surface area contributed by atoms with E-state index in [2.05, 4.69) is 9.69 Å². The molecule has 2 amide bonds. The molecule has 0 aromatic carbocycles. The topological polar surface area (TPSA) is 99.6 Å². The monoisotopic (exact) mass is 421 g/mol. The van der Waals surface area contributed by atoms with Crippen molar-refractivity contribution in [2.24, 2.45) is 5.92 Å². The van der Waals surface area contributed by atoms with Gasteiger partial charge in [-0.15, -0.1) is 0 Å². The first kappa shape index (κ1) is 22.1. The molecule has 2 aliphatic rings. The number of carbonyl (C=O) groups is 3. The first-order valence-electron chi connectivity index (χ1n) is 8.91. The molecule has 1 saturated carbocycles. The lowest BCUT2D eigenvalue weighted by Crippen LogP contribution is -2.48. The first-order valence-corrected chi connectivity index (χ1v) is 9.69. The van der Waals surface area contributed by atoms with Crippen molar-refractivity contribution < 1.29 is 32.7 Å². The van der Waals surface area contributed by atoms with Gasteiger partial charge in [0.05, 0.1) is 11.6 Å². The number of amides is 2. The van der Waals surface area contributed by atoms with Crippen LogP contribution in [0.15, 0.2) is 6.07 Å². The average Bonchev–Trinajstić information content (AvgIpc) is 3.27. The molecule has 1 saturated heterocycles. The highest BCUT2D eigenvalue weighted by molar-refractivity contribution is 7.10. The standard InChI is InChI=1S/C15H21N3O2S.C2HF3O2/c1-10-8-13(21-17-10)16-15(20)11-6-7-14(19)18(9-11)12-4-2-3-5-12;3-2(4,5)1(6)7/h8,11-12H,2-7,9H2,1H3,(H,16,20);(H,6,7). The van der Waals surface area contributed by atoms with Crippen molar-refractivity contribution in [1.82, 2.24) is 9.27 Å². The summed E-state index contributed by atoms with van der Waals surface area (Å²) in [6.45, 7) is 2.49. The van der Waals surface area contributed by atoms with Gasteiger partial charge in [0.25, 0.3) is 0 Å². The fourth-order valence-electron chi connectivity index (χ4n) is 3.30. The number of aryl methyl sites for hydroxylation is 1. The Morgan fingerprint density at radius 2 is 1.89 bits per heavy atom. The van der Waals surface area contributed by atoms with Gasteiger partial charge in [0.15, 0.2) is 0 Å². The van der Waals surface area contributed by atoms with Crippen LogP contribution in [0.3, 0.4) is 0 Å². The molecule has 1 atom stereocenters. The minimum absolute atomic E-state index is 0.0224. The van der Waals surface area contributed by atoms with E-state index < -0.39 is 12.1 Å². The Hall–Kier alpha value is -2.17. The molecule has 1 aliphatic carbocycles. The summed E-state index contributed by atoms with van der Waals surface area (Å²) in [5.41, 5.74) is 0.918. The molecule has 1 aromatic rings. The van der Waals surface area contributed by atoms with Crippen LogP contribution >= 0.6 is 11.5 Å². The van der Waals surface area contributed by atoms with Crippen LogP contribution in [0.25, 0.3) is 0 Å². The molecule has 0 spiro atoms. The number of hydrogen-bond donors (Lipinski definition) is 2. The fourth-order valence-corrected chi connectivity index (χ4v) is 3.97. The minimum Gasteiger partial charge on any atom is -0.475 e. The molecule has 2 heterocycles. The summed E-state index contributed by atoms with van der Waals surface area (Å²) < 4.78 is 35.9. The highest BCUT2D eigenvalue weighted by Crippen LogP contribution is 2.29. The molecule has 0 bridgehead atoms. The lowest BCUT2D eigenvalue weighted by molar-refractivity contribution is -0.192. The summed E-state index contributed by atoms with van der Waals surface area (Å²) in [7, 11) is 0. The van der Waals surface area contributed by atoms with Crippen LogP contribution < -0.4 is 5.32 Å². The third-order valence-electron chi connectivity index (χ3n) is 4.70. The van der Waals surface area contributed by atoms with E-state index in [1.54, 1.807) is 0 Å². The van der Waals surface area contributed by atoms with E-state index >= 15 is 0 Å². The van der Waals surface area contributed by atoms with Crippen LogP contribution in [0.4, 0.5) is 18.2 Å². The number of aromatic nitrogens is 1. The average molecular weight is 421 g/mol. The lowest BCUT2D eigenvalue weighted by Gasteiger charge is -2.36. The molecule has 1 aliphatic heterocycles. The molecule has 156 valence electrons. The molecule has 0 radical (unpaired) electrons. The number of anilines is 1. The largest absolute Gasteiger partial charge is 0.490 e. The van der Waals surface area contributed by atoms with E-state index in [9.17, 15) is 22.8 Å². The fraction of sp³-hybridized carbons (Fsp3) is 0.647. The number of nitrogens with zero attached hydrogens (tertiary/aromatic N) is 2. The van der Waals surface area contributed by atoms with E-state index in [4.69, 9.17) is 9.90 Å². The number of aliphatic carboxylic acids is 1. The molecule has 2 fully saturated rings. The Morgan fingerprint density at radius 1 is 1.29 bits per heavy atom. The van der Waals surface area contributed by atoms with E-state index in [1.807, 2.05) is 17.9 Å². The number of rotatable bonds is 3. The maximum atomic E-state index is 12.4. The number of alkyl halides is 3. The second kappa shape index (κ2) is 9.35. The van der Waals surface area contributed by atoms with Crippen molar-refractivity contribution in [3.8, 4) is 0 Å². The Morgan fingerprint density at radius 3 is 2.39 bits per heavy atom. The van der Waals surface area contributed by atoms with Crippen LogP contribution in [-0.4, -0.2) is 50.9 Å². The molecule has 28 heavy (non-hydrogen) atoms. The van der Waals surface area contributed by atoms with E-state index in [0.29, 0.717) is 25.4 Å². The molecule has 1 aromatic heterocycles. The minimum atomic E-state index is -5.08. The number of nitrogens with one attached hydrogen (secondary N) is 1. The summed E-state index contributed by atoms with van der Waals surface area (Å²) in [5.74, 6) is -2.60. The maximum Gasteiger partial charge on any atom is 0.490 e. The zero-order valence-corrected chi connectivity index (χ0v) is 16.1. The van der Waals surface area contributed by atoms with Gasteiger partial charge in [-0.25, -0.2) is 4.79 Å². The first-order chi connectivity index (χ1) is 13.1. The van der Waals surface area contributed by atoms with Crippen LogP contribution in [0.2, 0.25) is 0 Å². The molecule has 1 unspecified atom stereocenters. The van der Waals surface area contributed by atoms with Crippen LogP contribution in [0, 0.1) is 12.8 Å². The summed E-state index contributed by atoms with van der Waals surface area (Å²) in [4.78, 5) is 35.3. The zero-order valence-electron chi connectivity index (χ0n) is 15.3. The van der Waals surface area contributed by atoms with E-state index in [1.165, 1.54) is 24.4 Å². The SMILES string of the molecule is Cc1cc(NC(=O)C2CCC(=O)N(C3CCCC3)C2)sn1.O=C(O)C(F)(F)F. The van der Waals surface area contributed by atoms with Gasteiger partial charge in [-0.05, 0) is 43.8 Å². The van der Waals surface area contributed by atoms with Crippen molar-refractivity contribution in [3.63, 3.8) is 0 Å². The molecule has 2 N–H and O–H groups in total. The van der Waals surface area contributed by atoms with Gasteiger partial charge in [0.2, 0.25) is 11.8 Å². The summed E-state index contributed by atoms with van der Waals surface area (Å²) in [6, 6.07) is 2.24. The predicted molar refractivity (Wildman–Crippen MR) is 95.9 cm³/mol. The van der Waals surface area contributed by atoms with Crippen molar-refractivity contribution in [2.45, 2.75) is 57.7 Å². The number of likely N-dealkylation sites (tertiary alicyclic amines) is 1. The summed E-state index contributed by atoms with van der Waals surface area (Å²) in [6.07, 6.45) is 0.654. The maximum absolute atomic E-state index is 12.4.